The smallest absolute Gasteiger partial charge is 0.260 e. The number of para-hydroxylation sites is 1. The van der Waals surface area contributed by atoms with Crippen LogP contribution in [-0.2, 0) is 4.79 Å². The van der Waals surface area contributed by atoms with E-state index >= 15 is 0 Å². The summed E-state index contributed by atoms with van der Waals surface area (Å²) in [5, 5.41) is 5.03. The fourth-order valence-corrected chi connectivity index (χ4v) is 2.56. The molecule has 0 saturated carbocycles. The van der Waals surface area contributed by atoms with Crippen molar-refractivity contribution in [2.45, 2.75) is 13.0 Å². The summed E-state index contributed by atoms with van der Waals surface area (Å²) in [4.78, 5) is 12.1. The fraction of sp³-hybridized carbons (Fsp3) is 0.190. The average Bonchev–Trinajstić information content (AvgIpc) is 2.66. The van der Waals surface area contributed by atoms with Gasteiger partial charge in [-0.1, -0.05) is 54.6 Å². The van der Waals surface area contributed by atoms with Crippen LogP contribution < -0.4 is 14.8 Å². The van der Waals surface area contributed by atoms with Crippen molar-refractivity contribution in [3.63, 3.8) is 0 Å². The second-order valence-electron chi connectivity index (χ2n) is 5.69. The summed E-state index contributed by atoms with van der Waals surface area (Å²) in [6, 6.07) is 23.3. The number of fused-ring (bicyclic) bond motifs is 1. The van der Waals surface area contributed by atoms with Gasteiger partial charge in [-0.05, 0) is 30.5 Å². The average molecular weight is 335 g/mol. The molecule has 128 valence electrons. The molecule has 0 aliphatic rings. The summed E-state index contributed by atoms with van der Waals surface area (Å²) in [5.41, 5.74) is 0. The standard InChI is InChI=1S/C21H21NO3/c1-16(25-18-10-3-2-4-11-18)21(23)22-14-15-24-20-13-7-9-17-8-5-6-12-19(17)20/h2-13,16H,14-15H2,1H3,(H,22,23)/t16-/m1/s1. The number of carbonyl (C=O) groups excluding carboxylic acids is 1. The van der Waals surface area contributed by atoms with Crippen molar-refractivity contribution in [1.29, 1.82) is 0 Å². The van der Waals surface area contributed by atoms with E-state index in [0.717, 1.165) is 16.5 Å². The molecule has 3 aromatic rings. The Kier molecular flexibility index (Phi) is 5.52. The lowest BCUT2D eigenvalue weighted by Crippen LogP contribution is -2.38. The third-order valence-electron chi connectivity index (χ3n) is 3.83. The molecule has 3 rings (SSSR count). The highest BCUT2D eigenvalue weighted by atomic mass is 16.5. The number of benzene rings is 3. The summed E-state index contributed by atoms with van der Waals surface area (Å²) in [5.74, 6) is 1.34. The van der Waals surface area contributed by atoms with E-state index < -0.39 is 6.10 Å². The van der Waals surface area contributed by atoms with Crippen LogP contribution >= 0.6 is 0 Å². The Bertz CT molecular complexity index is 827. The molecule has 4 nitrogen and oxygen atoms in total. The molecule has 0 bridgehead atoms. The maximum Gasteiger partial charge on any atom is 0.260 e. The number of hydrogen-bond acceptors (Lipinski definition) is 3. The van der Waals surface area contributed by atoms with E-state index in [1.807, 2.05) is 72.8 Å². The normalized spacial score (nSPS) is 11.7. The van der Waals surface area contributed by atoms with Gasteiger partial charge < -0.3 is 14.8 Å². The van der Waals surface area contributed by atoms with Crippen LogP contribution in [0.4, 0.5) is 0 Å². The molecule has 4 heteroatoms. The van der Waals surface area contributed by atoms with E-state index in [0.29, 0.717) is 18.9 Å². The molecule has 3 aromatic carbocycles. The minimum Gasteiger partial charge on any atom is -0.491 e. The summed E-state index contributed by atoms with van der Waals surface area (Å²) < 4.78 is 11.4. The number of carbonyl (C=O) groups is 1. The lowest BCUT2D eigenvalue weighted by Gasteiger charge is -2.15. The topological polar surface area (TPSA) is 47.6 Å². The Morgan fingerprint density at radius 3 is 2.52 bits per heavy atom. The molecule has 0 heterocycles. The molecule has 0 fully saturated rings. The first kappa shape index (κ1) is 16.8. The maximum atomic E-state index is 12.1. The number of amides is 1. The third kappa shape index (κ3) is 4.51. The molecule has 0 aliphatic carbocycles. The molecule has 0 aliphatic heterocycles. The van der Waals surface area contributed by atoms with Gasteiger partial charge in [-0.3, -0.25) is 4.79 Å². The Hall–Kier alpha value is -3.01. The number of rotatable bonds is 7. The molecule has 0 aromatic heterocycles. The van der Waals surface area contributed by atoms with Gasteiger partial charge in [0, 0.05) is 5.39 Å². The van der Waals surface area contributed by atoms with Crippen molar-refractivity contribution in [3.8, 4) is 11.5 Å². The minimum atomic E-state index is -0.556. The zero-order valence-electron chi connectivity index (χ0n) is 14.1. The van der Waals surface area contributed by atoms with E-state index in [9.17, 15) is 4.79 Å². The summed E-state index contributed by atoms with van der Waals surface area (Å²) in [7, 11) is 0. The van der Waals surface area contributed by atoms with Crippen molar-refractivity contribution in [1.82, 2.24) is 5.32 Å². The monoisotopic (exact) mass is 335 g/mol. The van der Waals surface area contributed by atoms with Crippen molar-refractivity contribution in [2.24, 2.45) is 0 Å². The Balaban J connectivity index is 1.47. The van der Waals surface area contributed by atoms with Gasteiger partial charge in [0.1, 0.15) is 18.1 Å². The van der Waals surface area contributed by atoms with E-state index in [2.05, 4.69) is 5.32 Å². The lowest BCUT2D eigenvalue weighted by atomic mass is 10.1. The number of nitrogens with one attached hydrogen (secondary N) is 1. The quantitative estimate of drug-likeness (QED) is 0.668. The molecule has 25 heavy (non-hydrogen) atoms. The second-order valence-corrected chi connectivity index (χ2v) is 5.69. The van der Waals surface area contributed by atoms with Gasteiger partial charge in [0.2, 0.25) is 0 Å². The van der Waals surface area contributed by atoms with E-state index in [-0.39, 0.29) is 5.91 Å². The van der Waals surface area contributed by atoms with Crippen LogP contribution in [0.15, 0.2) is 72.8 Å². The summed E-state index contributed by atoms with van der Waals surface area (Å²) in [6.45, 7) is 2.55. The molecule has 1 atom stereocenters. The van der Waals surface area contributed by atoms with Crippen LogP contribution in [0.5, 0.6) is 11.5 Å². The highest BCUT2D eigenvalue weighted by Gasteiger charge is 2.13. The molecule has 0 radical (unpaired) electrons. The van der Waals surface area contributed by atoms with Gasteiger partial charge in [-0.25, -0.2) is 0 Å². The summed E-state index contributed by atoms with van der Waals surface area (Å²) in [6.07, 6.45) is -0.556. The largest absolute Gasteiger partial charge is 0.491 e. The first-order valence-corrected chi connectivity index (χ1v) is 8.34. The van der Waals surface area contributed by atoms with Crippen molar-refractivity contribution >= 4 is 16.7 Å². The Labute approximate surface area is 147 Å². The zero-order valence-corrected chi connectivity index (χ0v) is 14.1. The third-order valence-corrected chi connectivity index (χ3v) is 3.83. The zero-order chi connectivity index (χ0) is 17.5. The molecule has 1 amide bonds. The molecule has 0 unspecified atom stereocenters. The first-order valence-electron chi connectivity index (χ1n) is 8.34. The Morgan fingerprint density at radius 1 is 0.960 bits per heavy atom. The van der Waals surface area contributed by atoms with Crippen LogP contribution in [0, 0.1) is 0 Å². The molecule has 0 saturated heterocycles. The highest BCUT2D eigenvalue weighted by Crippen LogP contribution is 2.24. The van der Waals surface area contributed by atoms with Crippen LogP contribution in [0.3, 0.4) is 0 Å². The molecular formula is C21H21NO3. The van der Waals surface area contributed by atoms with E-state index in [1.54, 1.807) is 6.92 Å². The second kappa shape index (κ2) is 8.20. The fourth-order valence-electron chi connectivity index (χ4n) is 2.56. The van der Waals surface area contributed by atoms with Crippen molar-refractivity contribution in [2.75, 3.05) is 13.2 Å². The van der Waals surface area contributed by atoms with Crippen molar-refractivity contribution < 1.29 is 14.3 Å². The minimum absolute atomic E-state index is 0.162. The molecule has 1 N–H and O–H groups in total. The van der Waals surface area contributed by atoms with Gasteiger partial charge in [-0.15, -0.1) is 0 Å². The lowest BCUT2D eigenvalue weighted by molar-refractivity contribution is -0.127. The van der Waals surface area contributed by atoms with E-state index in [1.165, 1.54) is 0 Å². The molecule has 0 spiro atoms. The Morgan fingerprint density at radius 2 is 1.68 bits per heavy atom. The highest BCUT2D eigenvalue weighted by molar-refractivity contribution is 5.88. The van der Waals surface area contributed by atoms with Crippen molar-refractivity contribution in [3.05, 3.63) is 72.8 Å². The van der Waals surface area contributed by atoms with Crippen LogP contribution in [-0.4, -0.2) is 25.2 Å². The van der Waals surface area contributed by atoms with Crippen LogP contribution in [0.25, 0.3) is 10.8 Å². The SMILES string of the molecule is C[C@@H](Oc1ccccc1)C(=O)NCCOc1cccc2ccccc12. The van der Waals surface area contributed by atoms with E-state index in [4.69, 9.17) is 9.47 Å². The molecular weight excluding hydrogens is 314 g/mol. The van der Waals surface area contributed by atoms with Gasteiger partial charge in [0.15, 0.2) is 6.10 Å². The first-order chi connectivity index (χ1) is 12.2. The summed E-state index contributed by atoms with van der Waals surface area (Å²) >= 11 is 0. The maximum absolute atomic E-state index is 12.1. The van der Waals surface area contributed by atoms with Gasteiger partial charge in [0.05, 0.1) is 6.54 Å². The van der Waals surface area contributed by atoms with Gasteiger partial charge in [0.25, 0.3) is 5.91 Å². The van der Waals surface area contributed by atoms with Crippen LogP contribution in [0.1, 0.15) is 6.92 Å². The number of ether oxygens (including phenoxy) is 2. The van der Waals surface area contributed by atoms with Gasteiger partial charge >= 0.3 is 0 Å². The predicted octanol–water partition coefficient (Wildman–Crippen LogP) is 3.80. The predicted molar refractivity (Wildman–Crippen MR) is 99.0 cm³/mol. The van der Waals surface area contributed by atoms with Gasteiger partial charge in [-0.2, -0.15) is 0 Å². The van der Waals surface area contributed by atoms with Crippen LogP contribution in [0.2, 0.25) is 0 Å². The number of hydrogen-bond donors (Lipinski definition) is 1.